The molecule has 0 unspecified atom stereocenters. The lowest BCUT2D eigenvalue weighted by atomic mass is 10.1. The Hall–Kier alpha value is -0.470. The number of halogens is 1. The molecule has 1 aliphatic rings. The van der Waals surface area contributed by atoms with Crippen LogP contribution in [0.25, 0.3) is 0 Å². The van der Waals surface area contributed by atoms with Gasteiger partial charge in [-0.3, -0.25) is 0 Å². The van der Waals surface area contributed by atoms with Gasteiger partial charge in [0.05, 0.1) is 6.61 Å². The molecule has 3 rings (SSSR count). The molecule has 0 radical (unpaired) electrons. The number of fused-ring (bicyclic) bond motifs is 1. The minimum absolute atomic E-state index is 0.294. The van der Waals surface area contributed by atoms with E-state index in [1.54, 1.807) is 34.9 Å². The van der Waals surface area contributed by atoms with Crippen LogP contribution in [0.15, 0.2) is 20.8 Å². The van der Waals surface area contributed by atoms with Crippen LogP contribution in [0.5, 0.6) is 5.75 Å². The van der Waals surface area contributed by atoms with Crippen molar-refractivity contribution in [3.05, 3.63) is 28.3 Å². The van der Waals surface area contributed by atoms with Gasteiger partial charge in [-0.1, -0.05) is 53.4 Å². The van der Waals surface area contributed by atoms with Gasteiger partial charge in [0.2, 0.25) is 0 Å². The average molecular weight is 361 g/mol. The summed E-state index contributed by atoms with van der Waals surface area (Å²) in [6.07, 6.45) is 0. The van der Waals surface area contributed by atoms with Crippen LogP contribution in [0.3, 0.4) is 0 Å². The maximum absolute atomic E-state index is 6.16. The summed E-state index contributed by atoms with van der Waals surface area (Å²) in [7, 11) is 0. The third kappa shape index (κ3) is 3.84. The van der Waals surface area contributed by atoms with Gasteiger partial charge in [-0.2, -0.15) is 0 Å². The largest absolute Gasteiger partial charge is 0.467 e. The molecular formula is C13H13ClN2O2S3. The number of benzene rings is 1. The van der Waals surface area contributed by atoms with Crippen LogP contribution in [0.1, 0.15) is 18.1 Å². The van der Waals surface area contributed by atoms with Crippen molar-refractivity contribution in [3.63, 3.8) is 0 Å². The minimum Gasteiger partial charge on any atom is -0.467 e. The van der Waals surface area contributed by atoms with Crippen LogP contribution in [-0.2, 0) is 17.1 Å². The first-order valence-corrected chi connectivity index (χ1v) is 9.53. The minimum atomic E-state index is 0.294. The fourth-order valence-electron chi connectivity index (χ4n) is 1.94. The molecule has 0 saturated carbocycles. The molecule has 0 fully saturated rings. The molecule has 1 aromatic carbocycles. The van der Waals surface area contributed by atoms with E-state index in [1.807, 2.05) is 12.1 Å². The highest BCUT2D eigenvalue weighted by atomic mass is 35.5. The topological polar surface area (TPSA) is 44.2 Å². The van der Waals surface area contributed by atoms with Gasteiger partial charge in [-0.25, -0.2) is 0 Å². The Kier molecular flexibility index (Phi) is 5.29. The Balaban J connectivity index is 1.73. The molecule has 0 amide bonds. The van der Waals surface area contributed by atoms with Gasteiger partial charge in [0, 0.05) is 21.9 Å². The van der Waals surface area contributed by atoms with Crippen LogP contribution < -0.4 is 4.74 Å². The molecule has 0 atom stereocenters. The quantitative estimate of drug-likeness (QED) is 0.733. The Morgan fingerprint density at radius 1 is 1.29 bits per heavy atom. The van der Waals surface area contributed by atoms with E-state index >= 15 is 0 Å². The molecule has 1 aromatic heterocycles. The first-order valence-electron chi connectivity index (χ1n) is 6.37. The van der Waals surface area contributed by atoms with Crippen molar-refractivity contribution in [1.82, 2.24) is 10.2 Å². The van der Waals surface area contributed by atoms with E-state index in [9.17, 15) is 0 Å². The number of hydrogen-bond donors (Lipinski definition) is 0. The predicted octanol–water partition coefficient (Wildman–Crippen LogP) is 4.46. The van der Waals surface area contributed by atoms with Gasteiger partial charge < -0.3 is 9.47 Å². The summed E-state index contributed by atoms with van der Waals surface area (Å²) in [5.41, 5.74) is 2.08. The molecule has 21 heavy (non-hydrogen) atoms. The maximum atomic E-state index is 6.16. The highest BCUT2D eigenvalue weighted by Gasteiger charge is 2.17. The third-order valence-electron chi connectivity index (χ3n) is 2.76. The summed E-state index contributed by atoms with van der Waals surface area (Å²) >= 11 is 11.1. The van der Waals surface area contributed by atoms with Crippen molar-refractivity contribution < 1.29 is 9.47 Å². The second kappa shape index (κ2) is 7.19. The van der Waals surface area contributed by atoms with Crippen molar-refractivity contribution in [2.45, 2.75) is 28.0 Å². The molecule has 112 valence electrons. The number of nitrogens with zero attached hydrogens (tertiary/aromatic N) is 2. The number of thioether (sulfide) groups is 2. The summed E-state index contributed by atoms with van der Waals surface area (Å²) in [4.78, 5) is 0. The first-order chi connectivity index (χ1) is 10.3. The normalized spacial score (nSPS) is 13.8. The zero-order valence-corrected chi connectivity index (χ0v) is 14.5. The SMILES string of the molecule is CCSc1nnc(SCc2cc(Cl)cc3c2OCOC3)s1. The lowest BCUT2D eigenvalue weighted by Crippen LogP contribution is -2.12. The highest BCUT2D eigenvalue weighted by molar-refractivity contribution is 8.02. The number of aromatic nitrogens is 2. The van der Waals surface area contributed by atoms with Crippen LogP contribution in [0.4, 0.5) is 0 Å². The zero-order valence-electron chi connectivity index (χ0n) is 11.3. The summed E-state index contributed by atoms with van der Waals surface area (Å²) in [5, 5.41) is 9.06. The highest BCUT2D eigenvalue weighted by Crippen LogP contribution is 2.37. The van der Waals surface area contributed by atoms with Crippen molar-refractivity contribution >= 4 is 46.5 Å². The third-order valence-corrected chi connectivity index (χ3v) is 6.10. The molecule has 8 heteroatoms. The van der Waals surface area contributed by atoms with Gasteiger partial charge in [-0.15, -0.1) is 10.2 Å². The second-order valence-electron chi connectivity index (χ2n) is 4.22. The number of rotatable bonds is 5. The molecule has 0 N–H and O–H groups in total. The van der Waals surface area contributed by atoms with Gasteiger partial charge >= 0.3 is 0 Å². The smallest absolute Gasteiger partial charge is 0.189 e. The van der Waals surface area contributed by atoms with Crippen LogP contribution in [-0.4, -0.2) is 22.7 Å². The monoisotopic (exact) mass is 360 g/mol. The molecule has 0 aliphatic carbocycles. The fourth-order valence-corrected chi connectivity index (χ4v) is 5.09. The lowest BCUT2D eigenvalue weighted by molar-refractivity contribution is -0.0168. The number of ether oxygens (including phenoxy) is 2. The zero-order chi connectivity index (χ0) is 14.7. The van der Waals surface area contributed by atoms with Gasteiger partial charge in [0.1, 0.15) is 5.75 Å². The molecule has 0 spiro atoms. The predicted molar refractivity (Wildman–Crippen MR) is 87.6 cm³/mol. The molecule has 0 bridgehead atoms. The van der Waals surface area contributed by atoms with Gasteiger partial charge in [0.25, 0.3) is 0 Å². The molecule has 4 nitrogen and oxygen atoms in total. The Bertz CT molecular complexity index is 636. The van der Waals surface area contributed by atoms with E-state index in [0.717, 1.165) is 37.1 Å². The Morgan fingerprint density at radius 3 is 2.90 bits per heavy atom. The van der Waals surface area contributed by atoms with E-state index in [1.165, 1.54) is 0 Å². The van der Waals surface area contributed by atoms with E-state index in [2.05, 4.69) is 17.1 Å². The van der Waals surface area contributed by atoms with Crippen molar-refractivity contribution in [1.29, 1.82) is 0 Å². The van der Waals surface area contributed by atoms with Crippen LogP contribution in [0, 0.1) is 0 Å². The first kappa shape index (κ1) is 15.4. The van der Waals surface area contributed by atoms with Crippen molar-refractivity contribution in [2.75, 3.05) is 12.5 Å². The van der Waals surface area contributed by atoms with Crippen molar-refractivity contribution in [2.24, 2.45) is 0 Å². The van der Waals surface area contributed by atoms with E-state index in [-0.39, 0.29) is 0 Å². The lowest BCUT2D eigenvalue weighted by Gasteiger charge is -2.20. The fraction of sp³-hybridized carbons (Fsp3) is 0.385. The molecule has 2 heterocycles. The van der Waals surface area contributed by atoms with Crippen LogP contribution >= 0.6 is 46.5 Å². The summed E-state index contributed by atoms with van der Waals surface area (Å²) in [6.45, 7) is 2.95. The summed E-state index contributed by atoms with van der Waals surface area (Å²) in [6, 6.07) is 3.84. The molecule has 2 aromatic rings. The van der Waals surface area contributed by atoms with E-state index in [4.69, 9.17) is 21.1 Å². The number of hydrogen-bond acceptors (Lipinski definition) is 7. The van der Waals surface area contributed by atoms with E-state index < -0.39 is 0 Å². The summed E-state index contributed by atoms with van der Waals surface area (Å²) in [5.74, 6) is 2.66. The van der Waals surface area contributed by atoms with E-state index in [0.29, 0.717) is 18.4 Å². The average Bonchev–Trinajstić information content (AvgIpc) is 2.93. The maximum Gasteiger partial charge on any atom is 0.189 e. The second-order valence-corrected chi connectivity index (χ2v) is 8.37. The Labute approximate surface area is 140 Å². The molecular weight excluding hydrogens is 348 g/mol. The van der Waals surface area contributed by atoms with Gasteiger partial charge in [0.15, 0.2) is 15.5 Å². The molecule has 0 saturated heterocycles. The standard InChI is InChI=1S/C13H13ClN2O2S3/c1-2-19-12-15-16-13(21-12)20-6-9-4-10(14)3-8-5-17-7-18-11(8)9/h3-4H,2,5-7H2,1H3. The van der Waals surface area contributed by atoms with Crippen LogP contribution in [0.2, 0.25) is 5.02 Å². The van der Waals surface area contributed by atoms with Crippen molar-refractivity contribution in [3.8, 4) is 5.75 Å². The Morgan fingerprint density at radius 2 is 2.10 bits per heavy atom. The van der Waals surface area contributed by atoms with Gasteiger partial charge in [-0.05, 0) is 17.9 Å². The summed E-state index contributed by atoms with van der Waals surface area (Å²) < 4.78 is 12.9. The molecule has 1 aliphatic heterocycles.